The smallest absolute Gasteiger partial charge is 0.374 e. The van der Waals surface area contributed by atoms with Crippen LogP contribution in [0.4, 0.5) is 27.6 Å². The maximum atomic E-state index is 13.7. The van der Waals surface area contributed by atoms with Crippen molar-refractivity contribution < 1.29 is 31.5 Å². The van der Waals surface area contributed by atoms with E-state index in [4.69, 9.17) is 11.6 Å². The number of amides is 2. The number of nitrogens with one attached hydrogen (secondary N) is 1. The van der Waals surface area contributed by atoms with Gasteiger partial charge in [0.2, 0.25) is 0 Å². The molecule has 0 spiro atoms. The van der Waals surface area contributed by atoms with Gasteiger partial charge in [-0.05, 0) is 55.0 Å². The van der Waals surface area contributed by atoms with Crippen LogP contribution >= 0.6 is 11.6 Å². The molecule has 12 heteroatoms. The molecule has 39 heavy (non-hydrogen) atoms. The molecule has 6 nitrogen and oxygen atoms in total. The Morgan fingerprint density at radius 3 is 2.44 bits per heavy atom. The highest BCUT2D eigenvalue weighted by molar-refractivity contribution is 6.33. The molecule has 4 rings (SSSR count). The molecule has 2 amide bonds. The summed E-state index contributed by atoms with van der Waals surface area (Å²) in [6.45, 7) is -0.146. The van der Waals surface area contributed by atoms with Gasteiger partial charge in [-0.15, -0.1) is 0 Å². The first-order valence-corrected chi connectivity index (χ1v) is 13.4. The van der Waals surface area contributed by atoms with Gasteiger partial charge in [-0.25, -0.2) is 0 Å². The van der Waals surface area contributed by atoms with E-state index in [1.165, 1.54) is 6.20 Å². The van der Waals surface area contributed by atoms with Gasteiger partial charge in [0, 0.05) is 31.9 Å². The molecule has 0 bridgehead atoms. The monoisotopic (exact) mass is 572 g/mol. The largest absolute Gasteiger partial charge is 0.471 e. The summed E-state index contributed by atoms with van der Waals surface area (Å²) in [5.41, 5.74) is 2.34. The fourth-order valence-corrected chi connectivity index (χ4v) is 5.66. The zero-order valence-electron chi connectivity index (χ0n) is 21.2. The number of aromatic nitrogens is 1. The molecule has 1 N–H and O–H groups in total. The Balaban J connectivity index is 1.68. The second-order valence-electron chi connectivity index (χ2n) is 9.88. The standard InChI is InChI=1S/C27H30ClF5N4O2/c28-20-10-9-17-11-14-36(25(38)24(29)30)15-12-19(17)23(20)35-22(21-8-4-5-13-34-21)16-37(26(39)27(31,32)33)18-6-2-1-3-7-18/h4-5,8-10,13,18,22,24,35H,1-3,6-7,11-12,14-16H2. The van der Waals surface area contributed by atoms with Gasteiger partial charge in [-0.1, -0.05) is 43.0 Å². The highest BCUT2D eigenvalue weighted by Crippen LogP contribution is 2.36. The molecule has 1 aliphatic heterocycles. The van der Waals surface area contributed by atoms with Gasteiger partial charge < -0.3 is 15.1 Å². The first-order valence-electron chi connectivity index (χ1n) is 13.0. The highest BCUT2D eigenvalue weighted by Gasteiger charge is 2.45. The number of carbonyl (C=O) groups excluding carboxylic acids is 2. The molecule has 0 radical (unpaired) electrons. The number of hydrogen-bond donors (Lipinski definition) is 1. The Hall–Kier alpha value is -2.95. The van der Waals surface area contributed by atoms with Crippen LogP contribution in [-0.4, -0.2) is 64.9 Å². The van der Waals surface area contributed by atoms with Crippen molar-refractivity contribution >= 4 is 29.1 Å². The van der Waals surface area contributed by atoms with E-state index in [1.54, 1.807) is 30.3 Å². The molecule has 1 unspecified atom stereocenters. The van der Waals surface area contributed by atoms with E-state index in [0.717, 1.165) is 34.6 Å². The number of pyridine rings is 1. The quantitative estimate of drug-likeness (QED) is 0.426. The second-order valence-corrected chi connectivity index (χ2v) is 10.3. The number of anilines is 1. The molecule has 0 saturated heterocycles. The average Bonchev–Trinajstić information content (AvgIpc) is 3.14. The number of halogens is 6. The van der Waals surface area contributed by atoms with E-state index in [9.17, 15) is 31.5 Å². The number of fused-ring (bicyclic) bond motifs is 1. The lowest BCUT2D eigenvalue weighted by molar-refractivity contribution is -0.188. The summed E-state index contributed by atoms with van der Waals surface area (Å²) in [4.78, 5) is 30.9. The molecular formula is C27H30ClF5N4O2. The van der Waals surface area contributed by atoms with Crippen molar-refractivity contribution in [3.63, 3.8) is 0 Å². The maximum absolute atomic E-state index is 13.7. The van der Waals surface area contributed by atoms with Gasteiger partial charge in [0.05, 0.1) is 22.4 Å². The van der Waals surface area contributed by atoms with E-state index in [1.807, 2.05) is 0 Å². The number of carbonyl (C=O) groups is 2. The molecule has 1 aliphatic carbocycles. The molecule has 2 aromatic rings. The normalized spacial score (nSPS) is 17.4. The van der Waals surface area contributed by atoms with Crippen molar-refractivity contribution in [1.82, 2.24) is 14.8 Å². The van der Waals surface area contributed by atoms with Crippen LogP contribution in [0.15, 0.2) is 36.5 Å². The number of alkyl halides is 5. The third-order valence-corrected chi connectivity index (χ3v) is 7.72. The van der Waals surface area contributed by atoms with Crippen molar-refractivity contribution in [3.8, 4) is 0 Å². The van der Waals surface area contributed by atoms with Crippen LogP contribution in [0.3, 0.4) is 0 Å². The molecular weight excluding hydrogens is 543 g/mol. The SMILES string of the molecule is O=C(C(F)F)N1CCc2ccc(Cl)c(NC(CN(C(=O)C(F)(F)F)C3CCCCC3)c3ccccn3)c2CC1. The van der Waals surface area contributed by atoms with Gasteiger partial charge in [-0.3, -0.25) is 14.6 Å². The van der Waals surface area contributed by atoms with E-state index >= 15 is 0 Å². The first-order chi connectivity index (χ1) is 18.6. The minimum Gasteiger partial charge on any atom is -0.374 e. The summed E-state index contributed by atoms with van der Waals surface area (Å²) in [5, 5.41) is 3.54. The van der Waals surface area contributed by atoms with E-state index in [2.05, 4.69) is 10.3 Å². The van der Waals surface area contributed by atoms with Crippen molar-refractivity contribution in [3.05, 3.63) is 58.4 Å². The lowest BCUT2D eigenvalue weighted by Gasteiger charge is -2.37. The number of nitrogens with zero attached hydrogens (tertiary/aromatic N) is 3. The van der Waals surface area contributed by atoms with Crippen LogP contribution in [-0.2, 0) is 22.4 Å². The summed E-state index contributed by atoms with van der Waals surface area (Å²) >= 11 is 6.57. The Kier molecular flexibility index (Phi) is 9.30. The van der Waals surface area contributed by atoms with Crippen molar-refractivity contribution in [1.29, 1.82) is 0 Å². The summed E-state index contributed by atoms with van der Waals surface area (Å²) < 4.78 is 67.2. The molecule has 2 aliphatic rings. The lowest BCUT2D eigenvalue weighted by atomic mass is 9.93. The Bertz CT molecular complexity index is 1160. The minimum atomic E-state index is -5.03. The molecule has 1 atom stereocenters. The van der Waals surface area contributed by atoms with E-state index in [0.29, 0.717) is 36.2 Å². The van der Waals surface area contributed by atoms with Gasteiger partial charge >= 0.3 is 18.5 Å². The summed E-state index contributed by atoms with van der Waals surface area (Å²) in [6.07, 6.45) is -2.76. The maximum Gasteiger partial charge on any atom is 0.471 e. The predicted molar refractivity (Wildman–Crippen MR) is 137 cm³/mol. The molecule has 2 heterocycles. The second kappa shape index (κ2) is 12.5. The van der Waals surface area contributed by atoms with E-state index in [-0.39, 0.29) is 31.1 Å². The molecule has 1 aromatic heterocycles. The summed E-state index contributed by atoms with van der Waals surface area (Å²) in [7, 11) is 0. The van der Waals surface area contributed by atoms with Crippen LogP contribution in [0.1, 0.15) is 55.0 Å². The first kappa shape index (κ1) is 29.0. The topological polar surface area (TPSA) is 65.5 Å². The minimum absolute atomic E-state index is 0.0419. The fourth-order valence-electron chi connectivity index (χ4n) is 5.43. The third kappa shape index (κ3) is 6.98. The number of rotatable bonds is 7. The van der Waals surface area contributed by atoms with Gasteiger partial charge in [0.15, 0.2) is 0 Å². The average molecular weight is 573 g/mol. The van der Waals surface area contributed by atoms with Crippen LogP contribution in [0.25, 0.3) is 0 Å². The third-order valence-electron chi connectivity index (χ3n) is 7.40. The zero-order chi connectivity index (χ0) is 28.2. The van der Waals surface area contributed by atoms with Crippen LogP contribution in [0.2, 0.25) is 5.02 Å². The molecule has 1 fully saturated rings. The van der Waals surface area contributed by atoms with Crippen molar-refractivity contribution in [2.75, 3.05) is 25.0 Å². The van der Waals surface area contributed by atoms with Gasteiger partial charge in [0.1, 0.15) is 0 Å². The van der Waals surface area contributed by atoms with E-state index < -0.39 is 36.5 Å². The van der Waals surface area contributed by atoms with Crippen LogP contribution < -0.4 is 5.32 Å². The van der Waals surface area contributed by atoms with Gasteiger partial charge in [-0.2, -0.15) is 22.0 Å². The Morgan fingerprint density at radius 2 is 1.79 bits per heavy atom. The molecule has 212 valence electrons. The summed E-state index contributed by atoms with van der Waals surface area (Å²) in [6, 6.07) is 7.03. The number of hydrogen-bond acceptors (Lipinski definition) is 4. The number of benzene rings is 1. The fraction of sp³-hybridized carbons (Fsp3) is 0.519. The zero-order valence-corrected chi connectivity index (χ0v) is 21.9. The summed E-state index contributed by atoms with van der Waals surface area (Å²) in [5.74, 6) is -3.14. The predicted octanol–water partition coefficient (Wildman–Crippen LogP) is 5.80. The Labute approximate surface area is 228 Å². The van der Waals surface area contributed by atoms with Gasteiger partial charge in [0.25, 0.3) is 5.91 Å². The molecule has 1 saturated carbocycles. The van der Waals surface area contributed by atoms with Crippen molar-refractivity contribution in [2.24, 2.45) is 0 Å². The highest BCUT2D eigenvalue weighted by atomic mass is 35.5. The van der Waals surface area contributed by atoms with Crippen molar-refractivity contribution in [2.45, 2.75) is 69.6 Å². The lowest BCUT2D eigenvalue weighted by Crippen LogP contribution is -2.50. The Morgan fingerprint density at radius 1 is 1.08 bits per heavy atom. The van der Waals surface area contributed by atoms with Crippen LogP contribution in [0, 0.1) is 0 Å². The van der Waals surface area contributed by atoms with Crippen LogP contribution in [0.5, 0.6) is 0 Å². The molecule has 1 aromatic carbocycles.